The number of amides is 3. The van der Waals surface area contributed by atoms with Crippen molar-refractivity contribution in [1.29, 1.82) is 0 Å². The first-order valence-corrected chi connectivity index (χ1v) is 10.1. The molecule has 2 aromatic carbocycles. The molecule has 2 aromatic rings. The van der Waals surface area contributed by atoms with Crippen LogP contribution in [-0.4, -0.2) is 47.7 Å². The Morgan fingerprint density at radius 2 is 1.90 bits per heavy atom. The molecule has 6 nitrogen and oxygen atoms in total. The molecule has 7 heteroatoms. The van der Waals surface area contributed by atoms with Gasteiger partial charge in [0.25, 0.3) is 5.91 Å². The Morgan fingerprint density at radius 1 is 1.20 bits per heavy atom. The normalized spacial score (nSPS) is 15.7. The molecule has 0 radical (unpaired) electrons. The maximum absolute atomic E-state index is 14.3. The molecular weight excluding hydrogens is 383 g/mol. The van der Waals surface area contributed by atoms with E-state index in [1.54, 1.807) is 25.2 Å². The summed E-state index contributed by atoms with van der Waals surface area (Å²) in [6, 6.07) is 13.6. The first-order valence-electron chi connectivity index (χ1n) is 10.1. The molecule has 1 atom stereocenters. The summed E-state index contributed by atoms with van der Waals surface area (Å²) in [5.41, 5.74) is 2.93. The van der Waals surface area contributed by atoms with Crippen molar-refractivity contribution in [3.05, 3.63) is 71.0 Å². The largest absolute Gasteiger partial charge is 0.338 e. The Morgan fingerprint density at radius 3 is 2.57 bits per heavy atom. The van der Waals surface area contributed by atoms with Crippen molar-refractivity contribution in [3.63, 3.8) is 0 Å². The molecule has 0 unspecified atom stereocenters. The van der Waals surface area contributed by atoms with Crippen LogP contribution in [0.3, 0.4) is 0 Å². The molecule has 1 aliphatic rings. The number of aryl methyl sites for hydroxylation is 1. The van der Waals surface area contributed by atoms with Crippen LogP contribution in [-0.2, 0) is 4.79 Å². The van der Waals surface area contributed by atoms with E-state index in [9.17, 15) is 14.0 Å². The number of carbonyl (C=O) groups excluding carboxylic acids is 2. The van der Waals surface area contributed by atoms with Gasteiger partial charge in [-0.25, -0.2) is 14.2 Å². The lowest BCUT2D eigenvalue weighted by atomic mass is 9.97. The van der Waals surface area contributed by atoms with E-state index in [-0.39, 0.29) is 30.3 Å². The molecule has 0 fully saturated rings. The number of rotatable bonds is 6. The van der Waals surface area contributed by atoms with Crippen LogP contribution in [0.15, 0.2) is 53.6 Å². The topological polar surface area (TPSA) is 65.0 Å². The van der Waals surface area contributed by atoms with E-state index in [0.717, 1.165) is 17.5 Å². The predicted molar refractivity (Wildman–Crippen MR) is 115 cm³/mol. The molecule has 0 saturated carbocycles. The minimum atomic E-state index is -0.371. The van der Waals surface area contributed by atoms with Gasteiger partial charge in [-0.15, -0.1) is 0 Å². The van der Waals surface area contributed by atoms with E-state index in [0.29, 0.717) is 24.2 Å². The number of hydrogen-bond donors (Lipinski definition) is 1. The SMILES string of the molecule is CCCNC(=O)N(C)CC(=O)N1N=C(c2ccccc2F)C[C@H]1c1ccc(C)cc1. The smallest absolute Gasteiger partial charge is 0.317 e. The first kappa shape index (κ1) is 21.5. The molecule has 1 N–H and O–H groups in total. The summed E-state index contributed by atoms with van der Waals surface area (Å²) in [5.74, 6) is -0.690. The highest BCUT2D eigenvalue weighted by atomic mass is 19.1. The van der Waals surface area contributed by atoms with E-state index in [1.807, 2.05) is 38.1 Å². The highest BCUT2D eigenvalue weighted by Gasteiger charge is 2.34. The highest BCUT2D eigenvalue weighted by Crippen LogP contribution is 2.33. The summed E-state index contributed by atoms with van der Waals surface area (Å²) in [6.45, 7) is 4.38. The summed E-state index contributed by atoms with van der Waals surface area (Å²) in [7, 11) is 1.57. The van der Waals surface area contributed by atoms with Crippen molar-refractivity contribution < 1.29 is 14.0 Å². The number of benzene rings is 2. The number of carbonyl (C=O) groups is 2. The number of urea groups is 1. The van der Waals surface area contributed by atoms with Gasteiger partial charge in [-0.2, -0.15) is 5.10 Å². The molecule has 0 bridgehead atoms. The van der Waals surface area contributed by atoms with Crippen molar-refractivity contribution in [1.82, 2.24) is 15.2 Å². The molecule has 0 saturated heterocycles. The van der Waals surface area contributed by atoms with Gasteiger partial charge < -0.3 is 10.2 Å². The number of nitrogens with one attached hydrogen (secondary N) is 1. The van der Waals surface area contributed by atoms with E-state index < -0.39 is 0 Å². The summed E-state index contributed by atoms with van der Waals surface area (Å²) in [5, 5.41) is 8.61. The fourth-order valence-corrected chi connectivity index (χ4v) is 3.36. The molecule has 0 aromatic heterocycles. The van der Waals surface area contributed by atoms with Crippen LogP contribution in [0, 0.1) is 12.7 Å². The maximum Gasteiger partial charge on any atom is 0.317 e. The third-order valence-electron chi connectivity index (χ3n) is 5.06. The summed E-state index contributed by atoms with van der Waals surface area (Å²) < 4.78 is 14.3. The second kappa shape index (κ2) is 9.52. The standard InChI is InChI=1S/C23H27FN4O2/c1-4-13-25-23(30)27(3)15-22(29)28-21(17-11-9-16(2)10-12-17)14-20(26-28)18-7-5-6-8-19(18)24/h5-12,21H,4,13-15H2,1-3H3,(H,25,30)/t21-/m0/s1. The molecular formula is C23H27FN4O2. The average Bonchev–Trinajstić information content (AvgIpc) is 3.18. The van der Waals surface area contributed by atoms with Crippen molar-refractivity contribution in [2.45, 2.75) is 32.7 Å². The number of hydrogen-bond acceptors (Lipinski definition) is 3. The van der Waals surface area contributed by atoms with Gasteiger partial charge in [0.05, 0.1) is 11.8 Å². The predicted octanol–water partition coefficient (Wildman–Crippen LogP) is 3.86. The lowest BCUT2D eigenvalue weighted by Gasteiger charge is -2.25. The van der Waals surface area contributed by atoms with E-state index in [1.165, 1.54) is 16.0 Å². The minimum absolute atomic E-state index is 0.119. The van der Waals surface area contributed by atoms with Crippen molar-refractivity contribution in [2.75, 3.05) is 20.1 Å². The van der Waals surface area contributed by atoms with Gasteiger partial charge in [-0.05, 0) is 25.0 Å². The fraction of sp³-hybridized carbons (Fsp3) is 0.348. The quantitative estimate of drug-likeness (QED) is 0.786. The second-order valence-corrected chi connectivity index (χ2v) is 7.48. The van der Waals surface area contributed by atoms with E-state index >= 15 is 0 Å². The van der Waals surface area contributed by atoms with Crippen LogP contribution in [0.2, 0.25) is 0 Å². The number of halogens is 1. The van der Waals surface area contributed by atoms with Crippen molar-refractivity contribution in [3.8, 4) is 0 Å². The summed E-state index contributed by atoms with van der Waals surface area (Å²) in [6.07, 6.45) is 1.22. The number of nitrogens with zero attached hydrogens (tertiary/aromatic N) is 3. The molecule has 30 heavy (non-hydrogen) atoms. The minimum Gasteiger partial charge on any atom is -0.338 e. The van der Waals surface area contributed by atoms with Gasteiger partial charge in [0, 0.05) is 25.6 Å². The van der Waals surface area contributed by atoms with Gasteiger partial charge in [0.15, 0.2) is 0 Å². The number of hydrazone groups is 1. The summed E-state index contributed by atoms with van der Waals surface area (Å²) in [4.78, 5) is 26.5. The molecule has 158 valence electrons. The average molecular weight is 410 g/mol. The third kappa shape index (κ3) is 4.84. The van der Waals surface area contributed by atoms with Crippen LogP contribution in [0.4, 0.5) is 9.18 Å². The molecule has 1 aliphatic heterocycles. The van der Waals surface area contributed by atoms with E-state index in [4.69, 9.17) is 0 Å². The van der Waals surface area contributed by atoms with Gasteiger partial charge >= 0.3 is 6.03 Å². The second-order valence-electron chi connectivity index (χ2n) is 7.48. The zero-order valence-electron chi connectivity index (χ0n) is 17.6. The Balaban J connectivity index is 1.86. The maximum atomic E-state index is 14.3. The highest BCUT2D eigenvalue weighted by molar-refractivity contribution is 6.03. The third-order valence-corrected chi connectivity index (χ3v) is 5.06. The Bertz CT molecular complexity index is 942. The monoisotopic (exact) mass is 410 g/mol. The van der Waals surface area contributed by atoms with Crippen molar-refractivity contribution >= 4 is 17.6 Å². The molecule has 3 amide bonds. The first-order chi connectivity index (χ1) is 14.4. The molecule has 0 aliphatic carbocycles. The summed E-state index contributed by atoms with van der Waals surface area (Å²) >= 11 is 0. The van der Waals surface area contributed by atoms with Crippen molar-refractivity contribution in [2.24, 2.45) is 5.10 Å². The Labute approximate surface area is 176 Å². The number of likely N-dealkylation sites (N-methyl/N-ethyl adjacent to an activating group) is 1. The van der Waals surface area contributed by atoms with Gasteiger partial charge in [0.1, 0.15) is 12.4 Å². The lowest BCUT2D eigenvalue weighted by molar-refractivity contribution is -0.133. The van der Waals surface area contributed by atoms with Gasteiger partial charge in [0.2, 0.25) is 0 Å². The van der Waals surface area contributed by atoms with Crippen LogP contribution >= 0.6 is 0 Å². The molecule has 3 rings (SSSR count). The van der Waals surface area contributed by atoms with Crippen LogP contribution in [0.1, 0.15) is 42.5 Å². The van der Waals surface area contributed by atoms with Crippen LogP contribution in [0.25, 0.3) is 0 Å². The van der Waals surface area contributed by atoms with Gasteiger partial charge in [-0.1, -0.05) is 55.0 Å². The Kier molecular flexibility index (Phi) is 6.82. The fourth-order valence-electron chi connectivity index (χ4n) is 3.36. The zero-order valence-corrected chi connectivity index (χ0v) is 17.6. The molecule has 1 heterocycles. The zero-order chi connectivity index (χ0) is 21.7. The molecule has 0 spiro atoms. The van der Waals surface area contributed by atoms with Gasteiger partial charge in [-0.3, -0.25) is 4.79 Å². The lowest BCUT2D eigenvalue weighted by Crippen LogP contribution is -2.43. The van der Waals surface area contributed by atoms with Crippen LogP contribution in [0.5, 0.6) is 0 Å². The van der Waals surface area contributed by atoms with E-state index in [2.05, 4.69) is 10.4 Å². The Hall–Kier alpha value is -3.22. The van der Waals surface area contributed by atoms with Crippen LogP contribution < -0.4 is 5.32 Å².